The van der Waals surface area contributed by atoms with Crippen LogP contribution in [-0.2, 0) is 4.79 Å². The number of rotatable bonds is 4. The number of likely N-dealkylation sites (tertiary alicyclic amines) is 2. The van der Waals surface area contributed by atoms with Crippen LogP contribution < -0.4 is 10.6 Å². The first-order chi connectivity index (χ1) is 14.6. The number of carbonyl (C=O) groups is 3. The lowest BCUT2D eigenvalue weighted by Gasteiger charge is -2.34. The van der Waals surface area contributed by atoms with E-state index in [1.165, 1.54) is 11.3 Å². The number of benzene rings is 1. The van der Waals surface area contributed by atoms with Gasteiger partial charge in [0.15, 0.2) is 0 Å². The molecule has 4 rings (SSSR count). The third-order valence-corrected chi connectivity index (χ3v) is 6.44. The molecule has 0 bridgehead atoms. The molecule has 2 aliphatic heterocycles. The van der Waals surface area contributed by atoms with Crippen molar-refractivity contribution in [3.8, 4) is 0 Å². The van der Waals surface area contributed by atoms with Gasteiger partial charge in [0.1, 0.15) is 0 Å². The molecule has 0 saturated carbocycles. The fraction of sp³-hybridized carbons (Fsp3) is 0.409. The first-order valence-corrected chi connectivity index (χ1v) is 11.3. The van der Waals surface area contributed by atoms with Crippen molar-refractivity contribution in [1.29, 1.82) is 0 Å². The molecular weight excluding hydrogens is 400 g/mol. The summed E-state index contributed by atoms with van der Waals surface area (Å²) >= 11 is 1.38. The number of thiophene rings is 1. The third-order valence-electron chi connectivity index (χ3n) is 5.57. The van der Waals surface area contributed by atoms with E-state index in [9.17, 15) is 14.4 Å². The number of hydrogen-bond acceptors (Lipinski definition) is 4. The molecule has 2 N–H and O–H groups in total. The summed E-state index contributed by atoms with van der Waals surface area (Å²) in [5, 5.41) is 7.66. The number of carbonyl (C=O) groups excluding carboxylic acids is 3. The molecule has 0 unspecified atom stereocenters. The van der Waals surface area contributed by atoms with Gasteiger partial charge < -0.3 is 20.4 Å². The van der Waals surface area contributed by atoms with Gasteiger partial charge in [-0.2, -0.15) is 0 Å². The van der Waals surface area contributed by atoms with E-state index in [0.717, 1.165) is 38.8 Å². The molecule has 2 saturated heterocycles. The van der Waals surface area contributed by atoms with Crippen molar-refractivity contribution in [1.82, 2.24) is 9.80 Å². The average Bonchev–Trinajstić information content (AvgIpc) is 3.48. The van der Waals surface area contributed by atoms with E-state index in [0.29, 0.717) is 29.3 Å². The highest BCUT2D eigenvalue weighted by atomic mass is 32.1. The lowest BCUT2D eigenvalue weighted by Crippen LogP contribution is -2.48. The number of piperidine rings is 1. The minimum atomic E-state index is -0.227. The number of nitrogens with zero attached hydrogens (tertiary/aromatic N) is 2. The monoisotopic (exact) mass is 426 g/mol. The van der Waals surface area contributed by atoms with Crippen LogP contribution in [0.5, 0.6) is 0 Å². The zero-order chi connectivity index (χ0) is 20.9. The Balaban J connectivity index is 1.35. The van der Waals surface area contributed by atoms with Crippen molar-refractivity contribution in [3.05, 3.63) is 46.7 Å². The fourth-order valence-electron chi connectivity index (χ4n) is 3.99. The third kappa shape index (κ3) is 4.81. The summed E-state index contributed by atoms with van der Waals surface area (Å²) in [4.78, 5) is 42.1. The van der Waals surface area contributed by atoms with Crippen molar-refractivity contribution in [2.24, 2.45) is 5.92 Å². The lowest BCUT2D eigenvalue weighted by molar-refractivity contribution is -0.121. The summed E-state index contributed by atoms with van der Waals surface area (Å²) in [6, 6.07) is 10.8. The van der Waals surface area contributed by atoms with Crippen molar-refractivity contribution >= 4 is 40.6 Å². The first kappa shape index (κ1) is 20.4. The summed E-state index contributed by atoms with van der Waals surface area (Å²) in [6.45, 7) is 2.80. The number of urea groups is 1. The van der Waals surface area contributed by atoms with Crippen LogP contribution in [0.4, 0.5) is 16.2 Å². The maximum atomic E-state index is 12.8. The Morgan fingerprint density at radius 1 is 0.900 bits per heavy atom. The van der Waals surface area contributed by atoms with Gasteiger partial charge in [0.05, 0.1) is 10.8 Å². The highest BCUT2D eigenvalue weighted by molar-refractivity contribution is 7.12. The molecule has 0 aliphatic carbocycles. The van der Waals surface area contributed by atoms with Crippen molar-refractivity contribution in [2.75, 3.05) is 36.8 Å². The van der Waals surface area contributed by atoms with Gasteiger partial charge in [-0.3, -0.25) is 9.59 Å². The fourth-order valence-corrected chi connectivity index (χ4v) is 4.61. The van der Waals surface area contributed by atoms with Crippen LogP contribution in [0.2, 0.25) is 0 Å². The van der Waals surface area contributed by atoms with Crippen LogP contribution in [0.25, 0.3) is 0 Å². The number of nitrogens with one attached hydrogen (secondary N) is 2. The zero-order valence-electron chi connectivity index (χ0n) is 16.8. The minimum absolute atomic E-state index is 0.0586. The highest BCUT2D eigenvalue weighted by Gasteiger charge is 2.31. The number of amides is 4. The van der Waals surface area contributed by atoms with Crippen molar-refractivity contribution in [3.63, 3.8) is 0 Å². The van der Waals surface area contributed by atoms with Gasteiger partial charge in [-0.1, -0.05) is 12.1 Å². The van der Waals surface area contributed by atoms with E-state index >= 15 is 0 Å². The molecule has 2 aromatic rings. The molecule has 2 aliphatic rings. The van der Waals surface area contributed by atoms with Gasteiger partial charge >= 0.3 is 6.03 Å². The molecular formula is C22H26N4O3S. The molecule has 4 amide bonds. The van der Waals surface area contributed by atoms with Crippen LogP contribution in [0.15, 0.2) is 41.8 Å². The molecule has 30 heavy (non-hydrogen) atoms. The van der Waals surface area contributed by atoms with Crippen LogP contribution in [-0.4, -0.2) is 53.8 Å². The molecule has 1 atom stereocenters. The molecule has 7 nitrogen and oxygen atoms in total. The van der Waals surface area contributed by atoms with E-state index in [-0.39, 0.29) is 23.8 Å². The summed E-state index contributed by atoms with van der Waals surface area (Å²) in [5.74, 6) is -0.484. The molecule has 2 fully saturated rings. The standard InChI is InChI=1S/C22H26N4O3S/c27-20(16-6-4-12-26(15-16)22(29)25-10-1-2-11-25)23-17-7-3-8-18(14-17)24-21(28)19-9-5-13-30-19/h3,5,7-9,13-14,16H,1-2,4,6,10-12,15H2,(H,23,27)(H,24,28)/t16-/m0/s1. The molecule has 0 radical (unpaired) electrons. The first-order valence-electron chi connectivity index (χ1n) is 10.4. The van der Waals surface area contributed by atoms with Gasteiger partial charge in [0, 0.05) is 37.6 Å². The molecule has 158 valence electrons. The SMILES string of the molecule is O=C(Nc1cccc(NC(=O)[C@H]2CCCN(C(=O)N3CCCC3)C2)c1)c1cccs1. The molecule has 1 aromatic carbocycles. The van der Waals surface area contributed by atoms with Crippen molar-refractivity contribution in [2.45, 2.75) is 25.7 Å². The van der Waals surface area contributed by atoms with Crippen LogP contribution in [0.3, 0.4) is 0 Å². The maximum absolute atomic E-state index is 12.8. The Morgan fingerprint density at radius 3 is 2.37 bits per heavy atom. The van der Waals surface area contributed by atoms with Crippen LogP contribution in [0, 0.1) is 5.92 Å². The minimum Gasteiger partial charge on any atom is -0.326 e. The summed E-state index contributed by atoms with van der Waals surface area (Å²) in [7, 11) is 0. The second-order valence-electron chi connectivity index (χ2n) is 7.76. The Labute approximate surface area is 180 Å². The van der Waals surface area contributed by atoms with Gasteiger partial charge in [-0.05, 0) is 55.3 Å². The van der Waals surface area contributed by atoms with Crippen LogP contribution in [0.1, 0.15) is 35.4 Å². The van der Waals surface area contributed by atoms with Gasteiger partial charge in [-0.15, -0.1) is 11.3 Å². The average molecular weight is 427 g/mol. The van der Waals surface area contributed by atoms with E-state index in [4.69, 9.17) is 0 Å². The van der Waals surface area contributed by atoms with Gasteiger partial charge in [0.25, 0.3) is 5.91 Å². The maximum Gasteiger partial charge on any atom is 0.320 e. The number of anilines is 2. The molecule has 0 spiro atoms. The van der Waals surface area contributed by atoms with Crippen LogP contribution >= 0.6 is 11.3 Å². The predicted octanol–water partition coefficient (Wildman–Crippen LogP) is 3.87. The zero-order valence-corrected chi connectivity index (χ0v) is 17.6. The number of hydrogen-bond donors (Lipinski definition) is 2. The van der Waals surface area contributed by atoms with Gasteiger partial charge in [0.2, 0.25) is 5.91 Å². The molecule has 8 heteroatoms. The van der Waals surface area contributed by atoms with E-state index in [1.807, 2.05) is 21.2 Å². The Morgan fingerprint density at radius 2 is 1.63 bits per heavy atom. The lowest BCUT2D eigenvalue weighted by atomic mass is 9.97. The topological polar surface area (TPSA) is 81.8 Å². The molecule has 3 heterocycles. The quantitative estimate of drug-likeness (QED) is 0.779. The summed E-state index contributed by atoms with van der Waals surface area (Å²) in [5.41, 5.74) is 1.26. The smallest absolute Gasteiger partial charge is 0.320 e. The Bertz CT molecular complexity index is 909. The van der Waals surface area contributed by atoms with Crippen molar-refractivity contribution < 1.29 is 14.4 Å². The Hall–Kier alpha value is -2.87. The summed E-state index contributed by atoms with van der Waals surface area (Å²) in [6.07, 6.45) is 3.71. The van der Waals surface area contributed by atoms with E-state index in [1.54, 1.807) is 30.3 Å². The highest BCUT2D eigenvalue weighted by Crippen LogP contribution is 2.23. The largest absolute Gasteiger partial charge is 0.326 e. The van der Waals surface area contributed by atoms with Gasteiger partial charge in [-0.25, -0.2) is 4.79 Å². The second-order valence-corrected chi connectivity index (χ2v) is 8.71. The predicted molar refractivity (Wildman–Crippen MR) is 118 cm³/mol. The normalized spacial score (nSPS) is 18.9. The Kier molecular flexibility index (Phi) is 6.32. The van der Waals surface area contributed by atoms with E-state index in [2.05, 4.69) is 10.6 Å². The van der Waals surface area contributed by atoms with E-state index < -0.39 is 0 Å². The second kappa shape index (κ2) is 9.30. The summed E-state index contributed by atoms with van der Waals surface area (Å²) < 4.78 is 0. The molecule has 1 aromatic heterocycles.